The van der Waals surface area contributed by atoms with E-state index >= 15 is 0 Å². The lowest BCUT2D eigenvalue weighted by Gasteiger charge is -2.06. The maximum Gasteiger partial charge on any atom is 0.337 e. The van der Waals surface area contributed by atoms with Gasteiger partial charge < -0.3 is 22.3 Å². The van der Waals surface area contributed by atoms with E-state index in [0.717, 1.165) is 0 Å². The average molecular weight is 288 g/mol. The van der Waals surface area contributed by atoms with E-state index in [-0.39, 0.29) is 23.2 Å². The van der Waals surface area contributed by atoms with Crippen molar-refractivity contribution in [3.8, 4) is 5.69 Å². The SMILES string of the molecule is NC(N)=NC(N)=Nc1cc(-n2cnnc2)ccc1C(=O)O. The first-order valence-corrected chi connectivity index (χ1v) is 5.63. The summed E-state index contributed by atoms with van der Waals surface area (Å²) >= 11 is 0. The summed E-state index contributed by atoms with van der Waals surface area (Å²) in [5.41, 5.74) is 16.6. The summed E-state index contributed by atoms with van der Waals surface area (Å²) in [5.74, 6) is -1.68. The second-order valence-electron chi connectivity index (χ2n) is 3.88. The molecule has 0 radical (unpaired) electrons. The third-order valence-corrected chi connectivity index (χ3v) is 2.41. The summed E-state index contributed by atoms with van der Waals surface area (Å²) in [6.45, 7) is 0. The summed E-state index contributed by atoms with van der Waals surface area (Å²) in [7, 11) is 0. The van der Waals surface area contributed by atoms with Gasteiger partial charge in [-0.3, -0.25) is 4.57 Å². The number of aliphatic imine (C=N–C) groups is 2. The van der Waals surface area contributed by atoms with Gasteiger partial charge in [0.2, 0.25) is 5.96 Å². The minimum Gasteiger partial charge on any atom is -0.478 e. The Morgan fingerprint density at radius 2 is 1.86 bits per heavy atom. The molecule has 0 bridgehead atoms. The molecule has 0 unspecified atom stereocenters. The molecule has 7 N–H and O–H groups in total. The van der Waals surface area contributed by atoms with E-state index in [4.69, 9.17) is 22.3 Å². The molecular weight excluding hydrogens is 276 g/mol. The van der Waals surface area contributed by atoms with E-state index in [0.29, 0.717) is 5.69 Å². The number of guanidine groups is 2. The van der Waals surface area contributed by atoms with Crippen molar-refractivity contribution < 1.29 is 9.90 Å². The first kappa shape index (κ1) is 14.0. The van der Waals surface area contributed by atoms with Crippen molar-refractivity contribution >= 4 is 23.6 Å². The Morgan fingerprint density at radius 1 is 1.19 bits per heavy atom. The van der Waals surface area contributed by atoms with E-state index in [9.17, 15) is 4.79 Å². The van der Waals surface area contributed by atoms with Crippen molar-refractivity contribution in [1.29, 1.82) is 0 Å². The van der Waals surface area contributed by atoms with Crippen LogP contribution in [0.15, 0.2) is 40.8 Å². The van der Waals surface area contributed by atoms with Crippen molar-refractivity contribution in [2.24, 2.45) is 27.2 Å². The zero-order valence-electron chi connectivity index (χ0n) is 10.7. The molecule has 1 aromatic carbocycles. The Balaban J connectivity index is 2.53. The number of nitrogens with two attached hydrogens (primary N) is 3. The number of rotatable bonds is 3. The predicted molar refractivity (Wildman–Crippen MR) is 75.4 cm³/mol. The molecule has 0 atom stereocenters. The van der Waals surface area contributed by atoms with Gasteiger partial charge in [0.15, 0.2) is 5.96 Å². The van der Waals surface area contributed by atoms with Gasteiger partial charge in [-0.05, 0) is 18.2 Å². The highest BCUT2D eigenvalue weighted by Gasteiger charge is 2.11. The number of nitrogens with zero attached hydrogens (tertiary/aromatic N) is 5. The van der Waals surface area contributed by atoms with Crippen LogP contribution in [-0.2, 0) is 0 Å². The number of carboxylic acid groups (broad SMARTS) is 1. The van der Waals surface area contributed by atoms with Crippen LogP contribution in [0.3, 0.4) is 0 Å². The highest BCUT2D eigenvalue weighted by Crippen LogP contribution is 2.23. The third-order valence-electron chi connectivity index (χ3n) is 2.41. The lowest BCUT2D eigenvalue weighted by atomic mass is 10.1. The lowest BCUT2D eigenvalue weighted by Crippen LogP contribution is -2.26. The summed E-state index contributed by atoms with van der Waals surface area (Å²) < 4.78 is 1.58. The van der Waals surface area contributed by atoms with Crippen molar-refractivity contribution in [2.45, 2.75) is 0 Å². The van der Waals surface area contributed by atoms with E-state index in [1.165, 1.54) is 24.8 Å². The molecule has 0 fully saturated rings. The molecule has 10 nitrogen and oxygen atoms in total. The van der Waals surface area contributed by atoms with Crippen LogP contribution in [0.5, 0.6) is 0 Å². The first-order valence-electron chi connectivity index (χ1n) is 5.63. The highest BCUT2D eigenvalue weighted by molar-refractivity contribution is 5.98. The minimum atomic E-state index is -1.15. The van der Waals surface area contributed by atoms with Crippen molar-refractivity contribution in [2.75, 3.05) is 0 Å². The van der Waals surface area contributed by atoms with Crippen LogP contribution < -0.4 is 17.2 Å². The van der Waals surface area contributed by atoms with Gasteiger partial charge >= 0.3 is 5.97 Å². The van der Waals surface area contributed by atoms with Crippen LogP contribution in [0.4, 0.5) is 5.69 Å². The van der Waals surface area contributed by atoms with Crippen LogP contribution in [0.1, 0.15) is 10.4 Å². The fourth-order valence-electron chi connectivity index (χ4n) is 1.57. The fraction of sp³-hybridized carbons (Fsp3) is 0. The van der Waals surface area contributed by atoms with Gasteiger partial charge in [0, 0.05) is 0 Å². The predicted octanol–water partition coefficient (Wildman–Crippen LogP) is -0.815. The number of aromatic nitrogens is 3. The normalized spacial score (nSPS) is 11.1. The topological polar surface area (TPSA) is 171 Å². The van der Waals surface area contributed by atoms with E-state index in [1.54, 1.807) is 10.6 Å². The number of carbonyl (C=O) groups is 1. The number of aromatic carboxylic acids is 1. The molecule has 21 heavy (non-hydrogen) atoms. The molecule has 0 aliphatic heterocycles. The standard InChI is InChI=1S/C11H12N8O2/c12-10(13)18-11(14)17-8-3-6(19-4-15-16-5-19)1-2-7(8)9(20)21/h1-5H,(H,20,21)(H6,12,13,14,17,18). The van der Waals surface area contributed by atoms with Gasteiger partial charge in [0.1, 0.15) is 12.7 Å². The molecule has 108 valence electrons. The van der Waals surface area contributed by atoms with Crippen LogP contribution >= 0.6 is 0 Å². The molecule has 2 aromatic rings. The van der Waals surface area contributed by atoms with Crippen molar-refractivity contribution in [3.05, 3.63) is 36.4 Å². The molecule has 0 saturated carbocycles. The Bertz CT molecular complexity index is 716. The second-order valence-corrected chi connectivity index (χ2v) is 3.88. The number of hydrogen-bond acceptors (Lipinski definition) is 4. The molecule has 10 heteroatoms. The lowest BCUT2D eigenvalue weighted by molar-refractivity contribution is 0.0698. The fourth-order valence-corrected chi connectivity index (χ4v) is 1.57. The van der Waals surface area contributed by atoms with Gasteiger partial charge in [-0.25, -0.2) is 9.79 Å². The van der Waals surface area contributed by atoms with Gasteiger partial charge in [-0.1, -0.05) is 0 Å². The van der Waals surface area contributed by atoms with E-state index in [2.05, 4.69) is 20.2 Å². The van der Waals surface area contributed by atoms with Gasteiger partial charge in [0.05, 0.1) is 16.9 Å². The Hall–Kier alpha value is -3.43. The molecule has 0 amide bonds. The third kappa shape index (κ3) is 3.32. The van der Waals surface area contributed by atoms with Crippen LogP contribution in [0, 0.1) is 0 Å². The monoisotopic (exact) mass is 288 g/mol. The maximum absolute atomic E-state index is 11.2. The Kier molecular flexibility index (Phi) is 3.79. The number of carboxylic acids is 1. The summed E-state index contributed by atoms with van der Waals surface area (Å²) in [6.07, 6.45) is 2.92. The van der Waals surface area contributed by atoms with Crippen molar-refractivity contribution in [3.63, 3.8) is 0 Å². The Morgan fingerprint density at radius 3 is 2.43 bits per heavy atom. The Labute approximate surface area is 118 Å². The minimum absolute atomic E-state index is 0.0411. The number of benzene rings is 1. The first-order chi connectivity index (χ1) is 9.97. The molecule has 2 rings (SSSR count). The van der Waals surface area contributed by atoms with Crippen LogP contribution in [0.2, 0.25) is 0 Å². The molecule has 0 aliphatic carbocycles. The average Bonchev–Trinajstić information content (AvgIpc) is 2.90. The highest BCUT2D eigenvalue weighted by atomic mass is 16.4. The summed E-state index contributed by atoms with van der Waals surface area (Å²) in [6, 6.07) is 4.48. The molecule has 1 aromatic heterocycles. The second kappa shape index (κ2) is 5.69. The largest absolute Gasteiger partial charge is 0.478 e. The molecule has 0 saturated heterocycles. The molecule has 0 aliphatic rings. The molecular formula is C11H12N8O2. The summed E-state index contributed by atoms with van der Waals surface area (Å²) in [4.78, 5) is 18.6. The summed E-state index contributed by atoms with van der Waals surface area (Å²) in [5, 5.41) is 16.5. The number of hydrogen-bond donors (Lipinski definition) is 4. The quantitative estimate of drug-likeness (QED) is 0.422. The smallest absolute Gasteiger partial charge is 0.337 e. The zero-order chi connectivity index (χ0) is 15.4. The zero-order valence-corrected chi connectivity index (χ0v) is 10.7. The van der Waals surface area contributed by atoms with Crippen LogP contribution in [-0.4, -0.2) is 37.8 Å². The maximum atomic E-state index is 11.2. The van der Waals surface area contributed by atoms with E-state index in [1.807, 2.05) is 0 Å². The molecule has 0 spiro atoms. The van der Waals surface area contributed by atoms with Gasteiger partial charge in [-0.2, -0.15) is 4.99 Å². The van der Waals surface area contributed by atoms with Gasteiger partial charge in [-0.15, -0.1) is 10.2 Å². The van der Waals surface area contributed by atoms with Gasteiger partial charge in [0.25, 0.3) is 0 Å². The van der Waals surface area contributed by atoms with E-state index < -0.39 is 5.97 Å². The molecule has 1 heterocycles. The van der Waals surface area contributed by atoms with Crippen LogP contribution in [0.25, 0.3) is 5.69 Å². The van der Waals surface area contributed by atoms with Crippen molar-refractivity contribution in [1.82, 2.24) is 14.8 Å².